The van der Waals surface area contributed by atoms with Crippen LogP contribution >= 0.6 is 11.3 Å². The van der Waals surface area contributed by atoms with Crippen LogP contribution in [0.2, 0.25) is 0 Å². The van der Waals surface area contributed by atoms with Crippen molar-refractivity contribution in [3.63, 3.8) is 0 Å². The van der Waals surface area contributed by atoms with Crippen LogP contribution in [0.15, 0.2) is 36.4 Å². The topological polar surface area (TPSA) is 32.8 Å². The Morgan fingerprint density at radius 1 is 0.966 bits per heavy atom. The molecular formula is C24H30N2O2S. The number of morpholine rings is 1. The molecule has 2 aliphatic heterocycles. The van der Waals surface area contributed by atoms with E-state index in [-0.39, 0.29) is 5.91 Å². The molecule has 0 N–H and O–H groups in total. The number of carbonyl (C=O) groups excluding carboxylic acids is 1. The van der Waals surface area contributed by atoms with Crippen LogP contribution in [0, 0.1) is 11.8 Å². The molecule has 0 unspecified atom stereocenters. The van der Waals surface area contributed by atoms with Gasteiger partial charge in [0, 0.05) is 31.7 Å². The van der Waals surface area contributed by atoms with E-state index in [2.05, 4.69) is 40.1 Å². The van der Waals surface area contributed by atoms with Crippen LogP contribution in [0.25, 0.3) is 11.1 Å². The zero-order chi connectivity index (χ0) is 19.6. The molecule has 2 atom stereocenters. The van der Waals surface area contributed by atoms with Crippen molar-refractivity contribution in [1.29, 1.82) is 0 Å². The van der Waals surface area contributed by atoms with Gasteiger partial charge in [0.1, 0.15) is 0 Å². The maximum Gasteiger partial charge on any atom is 0.264 e. The minimum Gasteiger partial charge on any atom is -0.378 e. The maximum atomic E-state index is 13.4. The number of piperidine rings is 1. The minimum atomic E-state index is 0.232. The summed E-state index contributed by atoms with van der Waals surface area (Å²) < 4.78 is 5.55. The Balaban J connectivity index is 1.42. The molecular weight excluding hydrogens is 380 g/mol. The third-order valence-corrected chi connectivity index (χ3v) is 8.07. The number of amides is 1. The first-order valence-corrected chi connectivity index (χ1v) is 11.9. The van der Waals surface area contributed by atoms with E-state index in [1.807, 2.05) is 6.07 Å². The van der Waals surface area contributed by atoms with Gasteiger partial charge < -0.3 is 14.5 Å². The summed E-state index contributed by atoms with van der Waals surface area (Å²) in [7, 11) is 0. The molecule has 1 aromatic carbocycles. The van der Waals surface area contributed by atoms with Gasteiger partial charge >= 0.3 is 0 Å². The summed E-state index contributed by atoms with van der Waals surface area (Å²) >= 11 is 1.67. The second kappa shape index (κ2) is 8.49. The van der Waals surface area contributed by atoms with Crippen LogP contribution in [0.3, 0.4) is 0 Å². The number of rotatable bonds is 3. The number of nitrogens with zero attached hydrogens (tertiary/aromatic N) is 2. The Kier molecular flexibility index (Phi) is 5.60. The van der Waals surface area contributed by atoms with Gasteiger partial charge in [-0.15, -0.1) is 11.3 Å². The van der Waals surface area contributed by atoms with E-state index in [0.717, 1.165) is 50.2 Å². The van der Waals surface area contributed by atoms with E-state index in [9.17, 15) is 4.79 Å². The van der Waals surface area contributed by atoms with E-state index < -0.39 is 0 Å². The molecule has 1 aliphatic carbocycles. The van der Waals surface area contributed by atoms with Crippen LogP contribution in [-0.2, 0) is 4.74 Å². The number of anilines is 1. The summed E-state index contributed by atoms with van der Waals surface area (Å²) in [4.78, 5) is 18.9. The maximum absolute atomic E-state index is 13.4. The lowest BCUT2D eigenvalue weighted by molar-refractivity contribution is 0.0525. The van der Waals surface area contributed by atoms with Crippen molar-refractivity contribution in [2.75, 3.05) is 44.3 Å². The molecule has 0 bridgehead atoms. The number of ether oxygens (including phenoxy) is 1. The van der Waals surface area contributed by atoms with Gasteiger partial charge in [0.05, 0.1) is 23.1 Å². The number of carbonyl (C=O) groups is 1. The molecule has 154 valence electrons. The fraction of sp³-hybridized carbons (Fsp3) is 0.542. The SMILES string of the molecule is O=C(c1cc(-c2ccccc2)c(N2CCOCC2)s1)N1CC[C@H]2CCCC[C@@H]2C1. The Labute approximate surface area is 177 Å². The average Bonchev–Trinajstić information content (AvgIpc) is 3.25. The molecule has 3 aliphatic rings. The van der Waals surface area contributed by atoms with Crippen LogP contribution < -0.4 is 4.90 Å². The third-order valence-electron chi connectivity index (χ3n) is 6.88. The van der Waals surface area contributed by atoms with Gasteiger partial charge in [0.15, 0.2) is 0 Å². The fourth-order valence-electron chi connectivity index (χ4n) is 5.25. The lowest BCUT2D eigenvalue weighted by Crippen LogP contribution is -2.44. The lowest BCUT2D eigenvalue weighted by Gasteiger charge is -2.41. The normalized spacial score (nSPS) is 25.0. The van der Waals surface area contributed by atoms with Crippen LogP contribution in [0.5, 0.6) is 0 Å². The number of benzene rings is 1. The highest BCUT2D eigenvalue weighted by molar-refractivity contribution is 7.18. The summed E-state index contributed by atoms with van der Waals surface area (Å²) in [5.41, 5.74) is 2.38. The highest BCUT2D eigenvalue weighted by Gasteiger charge is 2.34. The molecule has 0 radical (unpaired) electrons. The number of thiophene rings is 1. The molecule has 2 aromatic rings. The molecule has 2 saturated heterocycles. The predicted molar refractivity (Wildman–Crippen MR) is 119 cm³/mol. The predicted octanol–water partition coefficient (Wildman–Crippen LogP) is 4.90. The second-order valence-corrected chi connectivity index (χ2v) is 9.67. The van der Waals surface area contributed by atoms with Gasteiger partial charge in [-0.1, -0.05) is 49.6 Å². The van der Waals surface area contributed by atoms with E-state index >= 15 is 0 Å². The van der Waals surface area contributed by atoms with Crippen molar-refractivity contribution < 1.29 is 9.53 Å². The monoisotopic (exact) mass is 410 g/mol. The summed E-state index contributed by atoms with van der Waals surface area (Å²) in [5, 5.41) is 1.22. The van der Waals surface area contributed by atoms with Gasteiger partial charge in [-0.3, -0.25) is 4.79 Å². The number of fused-ring (bicyclic) bond motifs is 1. The van der Waals surface area contributed by atoms with Crippen molar-refractivity contribution in [1.82, 2.24) is 4.90 Å². The smallest absolute Gasteiger partial charge is 0.264 e. The van der Waals surface area contributed by atoms with Gasteiger partial charge in [-0.05, 0) is 36.3 Å². The first-order valence-electron chi connectivity index (χ1n) is 11.1. The number of likely N-dealkylation sites (tertiary alicyclic amines) is 1. The second-order valence-electron chi connectivity index (χ2n) is 8.64. The first kappa shape index (κ1) is 19.1. The molecule has 1 amide bonds. The summed E-state index contributed by atoms with van der Waals surface area (Å²) in [6, 6.07) is 12.6. The van der Waals surface area contributed by atoms with Gasteiger partial charge in [-0.25, -0.2) is 0 Å². The number of hydrogen-bond acceptors (Lipinski definition) is 4. The molecule has 1 saturated carbocycles. The van der Waals surface area contributed by atoms with Crippen molar-refractivity contribution in [2.24, 2.45) is 11.8 Å². The molecule has 29 heavy (non-hydrogen) atoms. The molecule has 5 heteroatoms. The third kappa shape index (κ3) is 3.95. The Morgan fingerprint density at radius 2 is 1.72 bits per heavy atom. The van der Waals surface area contributed by atoms with Crippen molar-refractivity contribution >= 4 is 22.2 Å². The molecule has 0 spiro atoms. The van der Waals surface area contributed by atoms with E-state index in [1.165, 1.54) is 48.2 Å². The fourth-order valence-corrected chi connectivity index (χ4v) is 6.45. The lowest BCUT2D eigenvalue weighted by atomic mass is 9.75. The first-order chi connectivity index (χ1) is 14.3. The van der Waals surface area contributed by atoms with Crippen LogP contribution in [0.1, 0.15) is 41.8 Å². The quantitative estimate of drug-likeness (QED) is 0.721. The van der Waals surface area contributed by atoms with Gasteiger partial charge in [-0.2, -0.15) is 0 Å². The summed E-state index contributed by atoms with van der Waals surface area (Å²) in [5.74, 6) is 1.80. The van der Waals surface area contributed by atoms with Gasteiger partial charge in [0.2, 0.25) is 0 Å². The zero-order valence-corrected chi connectivity index (χ0v) is 17.8. The molecule has 1 aromatic heterocycles. The average molecular weight is 411 g/mol. The van der Waals surface area contributed by atoms with E-state index in [1.54, 1.807) is 11.3 Å². The van der Waals surface area contributed by atoms with Crippen molar-refractivity contribution in [3.8, 4) is 11.1 Å². The highest BCUT2D eigenvalue weighted by Crippen LogP contribution is 2.41. The largest absolute Gasteiger partial charge is 0.378 e. The summed E-state index contributed by atoms with van der Waals surface area (Å²) in [6.45, 7) is 5.17. The zero-order valence-electron chi connectivity index (χ0n) is 17.0. The van der Waals surface area contributed by atoms with Gasteiger partial charge in [0.25, 0.3) is 5.91 Å². The van der Waals surface area contributed by atoms with E-state index in [0.29, 0.717) is 5.92 Å². The van der Waals surface area contributed by atoms with E-state index in [4.69, 9.17) is 4.74 Å². The van der Waals surface area contributed by atoms with Crippen LogP contribution in [-0.4, -0.2) is 50.2 Å². The molecule has 3 heterocycles. The molecule has 5 rings (SSSR count). The Bertz CT molecular complexity index is 844. The summed E-state index contributed by atoms with van der Waals surface area (Å²) in [6.07, 6.45) is 6.56. The molecule has 3 fully saturated rings. The van der Waals surface area contributed by atoms with Crippen molar-refractivity contribution in [2.45, 2.75) is 32.1 Å². The number of hydrogen-bond donors (Lipinski definition) is 0. The Morgan fingerprint density at radius 3 is 2.52 bits per heavy atom. The van der Waals surface area contributed by atoms with Crippen molar-refractivity contribution in [3.05, 3.63) is 41.3 Å². The minimum absolute atomic E-state index is 0.232. The van der Waals surface area contributed by atoms with Crippen LogP contribution in [0.4, 0.5) is 5.00 Å². The standard InChI is InChI=1S/C24H30N2O2S/c27-23(26-11-10-18-6-4-5-9-20(18)17-26)22-16-21(19-7-2-1-3-8-19)24(29-22)25-12-14-28-15-13-25/h1-3,7-8,16,18,20H,4-6,9-15,17H2/t18-,20-/m1/s1. The highest BCUT2D eigenvalue weighted by atomic mass is 32.1. The Hall–Kier alpha value is -1.85. The molecule has 4 nitrogen and oxygen atoms in total.